The second-order valence-electron chi connectivity index (χ2n) is 1.23. The van der Waals surface area contributed by atoms with Crippen LogP contribution in [0.2, 0.25) is 0 Å². The van der Waals surface area contributed by atoms with Crippen molar-refractivity contribution in [2.24, 2.45) is 0 Å². The summed E-state index contributed by atoms with van der Waals surface area (Å²) in [6.45, 7) is 0. The molecule has 50 valence electrons. The summed E-state index contributed by atoms with van der Waals surface area (Å²) in [6.07, 6.45) is 6.56. The number of carboxylic acid groups (broad SMARTS) is 1. The number of aromatic nitrogens is 2. The van der Waals surface area contributed by atoms with Gasteiger partial charge in [0.15, 0.2) is 0 Å². The van der Waals surface area contributed by atoms with Crippen LogP contribution in [0.3, 0.4) is 0 Å². The molecule has 2 radical (unpaired) electrons. The van der Waals surface area contributed by atoms with E-state index in [2.05, 4.69) is 17.8 Å². The van der Waals surface area contributed by atoms with Gasteiger partial charge in [-0.15, -0.1) is 0 Å². The zero-order valence-corrected chi connectivity index (χ0v) is 5.14. The molecule has 0 bridgehead atoms. The molecule has 0 aliphatic carbocycles. The SMILES string of the molecule is [B]C(=O)O.c1cnccn1. The van der Waals surface area contributed by atoms with E-state index in [4.69, 9.17) is 9.90 Å². The highest BCUT2D eigenvalue weighted by Gasteiger charge is 1.66. The van der Waals surface area contributed by atoms with Gasteiger partial charge in [-0.1, -0.05) is 0 Å². The Morgan fingerprint density at radius 1 is 1.20 bits per heavy atom. The van der Waals surface area contributed by atoms with Crippen molar-refractivity contribution in [1.29, 1.82) is 0 Å². The molecule has 0 aliphatic heterocycles. The molecule has 1 heterocycles. The predicted molar refractivity (Wildman–Crippen MR) is 35.8 cm³/mol. The lowest BCUT2D eigenvalue weighted by atomic mass is 10.2. The third-order valence-corrected chi connectivity index (χ3v) is 0.478. The molecule has 0 atom stereocenters. The van der Waals surface area contributed by atoms with E-state index in [0.29, 0.717) is 0 Å². The maximum atomic E-state index is 8.78. The van der Waals surface area contributed by atoms with E-state index in [-0.39, 0.29) is 0 Å². The first-order valence-corrected chi connectivity index (χ1v) is 2.42. The van der Waals surface area contributed by atoms with Crippen LogP contribution in [0.4, 0.5) is 4.79 Å². The molecule has 10 heavy (non-hydrogen) atoms. The molecule has 1 aromatic rings. The van der Waals surface area contributed by atoms with Crippen LogP contribution in [-0.4, -0.2) is 28.8 Å². The molecule has 4 nitrogen and oxygen atoms in total. The Morgan fingerprint density at radius 2 is 1.40 bits per heavy atom. The minimum absolute atomic E-state index is 1.33. The lowest BCUT2D eigenvalue weighted by Gasteiger charge is -1.70. The lowest BCUT2D eigenvalue weighted by molar-refractivity contribution is 0.220. The van der Waals surface area contributed by atoms with Gasteiger partial charge in [0.25, 0.3) is 0 Å². The molecule has 1 N–H and O–H groups in total. The summed E-state index contributed by atoms with van der Waals surface area (Å²) in [6, 6.07) is 0. The van der Waals surface area contributed by atoms with Crippen LogP contribution in [0, 0.1) is 0 Å². The molecule has 0 aromatic carbocycles. The van der Waals surface area contributed by atoms with Crippen LogP contribution >= 0.6 is 0 Å². The molecule has 0 saturated heterocycles. The first-order valence-electron chi connectivity index (χ1n) is 2.42. The van der Waals surface area contributed by atoms with Gasteiger partial charge in [0.2, 0.25) is 13.7 Å². The van der Waals surface area contributed by atoms with Crippen molar-refractivity contribution in [2.45, 2.75) is 0 Å². The molecule has 0 unspecified atom stereocenters. The lowest BCUT2D eigenvalue weighted by Crippen LogP contribution is -1.83. The second kappa shape index (κ2) is 5.75. The van der Waals surface area contributed by atoms with E-state index in [1.165, 1.54) is 0 Å². The van der Waals surface area contributed by atoms with Crippen LogP contribution in [0.25, 0.3) is 0 Å². The fraction of sp³-hybridized carbons (Fsp3) is 0. The first kappa shape index (κ1) is 8.61. The van der Waals surface area contributed by atoms with Gasteiger partial charge in [0.05, 0.1) is 0 Å². The monoisotopic (exact) mass is 136 g/mol. The largest absolute Gasteiger partial charge is 0.490 e. The molecule has 0 aliphatic rings. The van der Waals surface area contributed by atoms with Crippen LogP contribution in [0.5, 0.6) is 0 Å². The summed E-state index contributed by atoms with van der Waals surface area (Å²) in [5.74, 6) is -1.33. The summed E-state index contributed by atoms with van der Waals surface area (Å²) in [5.41, 5.74) is 0. The van der Waals surface area contributed by atoms with E-state index >= 15 is 0 Å². The summed E-state index contributed by atoms with van der Waals surface area (Å²) in [7, 11) is 4.03. The number of hydrogen-bond donors (Lipinski definition) is 1. The van der Waals surface area contributed by atoms with Crippen molar-refractivity contribution in [3.8, 4) is 0 Å². The number of nitrogens with zero attached hydrogens (tertiary/aromatic N) is 2. The van der Waals surface area contributed by atoms with E-state index < -0.39 is 5.87 Å². The standard InChI is InChI=1S/C4H4N2.CHBO2/c1-2-6-4-3-5-1;2-1(3)4/h1-4H;(H,3,4). The van der Waals surface area contributed by atoms with Crippen LogP contribution in [0.15, 0.2) is 24.8 Å². The zero-order chi connectivity index (χ0) is 7.82. The van der Waals surface area contributed by atoms with Gasteiger partial charge in [-0.05, 0) is 0 Å². The molecule has 0 spiro atoms. The highest BCUT2D eigenvalue weighted by Crippen LogP contribution is 1.65. The fourth-order valence-electron chi connectivity index (χ4n) is 0.253. The van der Waals surface area contributed by atoms with Gasteiger partial charge in [-0.25, -0.2) is 0 Å². The molecule has 1 aromatic heterocycles. The van der Waals surface area contributed by atoms with Crippen molar-refractivity contribution in [2.75, 3.05) is 0 Å². The molecular weight excluding hydrogens is 131 g/mol. The van der Waals surface area contributed by atoms with Gasteiger partial charge in [0, 0.05) is 24.8 Å². The van der Waals surface area contributed by atoms with Gasteiger partial charge >= 0.3 is 0 Å². The van der Waals surface area contributed by atoms with Crippen molar-refractivity contribution < 1.29 is 9.90 Å². The van der Waals surface area contributed by atoms with Crippen LogP contribution < -0.4 is 0 Å². The highest BCUT2D eigenvalue weighted by molar-refractivity contribution is 6.54. The normalized spacial score (nSPS) is 7.20. The Hall–Kier alpha value is -1.39. The predicted octanol–water partition coefficient (Wildman–Crippen LogP) is 0.309. The molecular formula is C5H5BN2O2. The third-order valence-electron chi connectivity index (χ3n) is 0.478. The summed E-state index contributed by atoms with van der Waals surface area (Å²) >= 11 is 0. The Bertz CT molecular complexity index is 150. The van der Waals surface area contributed by atoms with Crippen molar-refractivity contribution in [3.63, 3.8) is 0 Å². The number of hydrogen-bond acceptors (Lipinski definition) is 3. The molecule has 0 saturated carbocycles. The maximum absolute atomic E-state index is 8.78. The van der Waals surface area contributed by atoms with E-state index in [1.807, 2.05) is 0 Å². The molecule has 0 amide bonds. The second-order valence-corrected chi connectivity index (χ2v) is 1.23. The maximum Gasteiger partial charge on any atom is 0.233 e. The van der Waals surface area contributed by atoms with Crippen LogP contribution in [-0.2, 0) is 0 Å². The summed E-state index contributed by atoms with van der Waals surface area (Å²) in [4.78, 5) is 16.2. The first-order chi connectivity index (χ1) is 4.73. The Morgan fingerprint density at radius 3 is 1.50 bits per heavy atom. The van der Waals surface area contributed by atoms with Gasteiger partial charge in [-0.3, -0.25) is 14.8 Å². The smallest absolute Gasteiger partial charge is 0.233 e. The Balaban J connectivity index is 0.000000180. The quantitative estimate of drug-likeness (QED) is 0.521. The zero-order valence-electron chi connectivity index (χ0n) is 5.14. The minimum atomic E-state index is -1.33. The van der Waals surface area contributed by atoms with E-state index in [0.717, 1.165) is 0 Å². The third kappa shape index (κ3) is 9.79. The van der Waals surface area contributed by atoms with Gasteiger partial charge < -0.3 is 5.11 Å². The Kier molecular flexibility index (Phi) is 4.95. The van der Waals surface area contributed by atoms with E-state index in [9.17, 15) is 0 Å². The van der Waals surface area contributed by atoms with Crippen molar-refractivity contribution in [1.82, 2.24) is 9.97 Å². The van der Waals surface area contributed by atoms with Crippen molar-refractivity contribution >= 4 is 13.7 Å². The number of carbonyl (C=O) groups is 1. The van der Waals surface area contributed by atoms with Gasteiger partial charge in [-0.2, -0.15) is 0 Å². The van der Waals surface area contributed by atoms with Crippen molar-refractivity contribution in [3.05, 3.63) is 24.8 Å². The average Bonchev–Trinajstić information content (AvgIpc) is 1.90. The van der Waals surface area contributed by atoms with Crippen LogP contribution in [0.1, 0.15) is 0 Å². The molecule has 5 heteroatoms. The highest BCUT2D eigenvalue weighted by atomic mass is 16.4. The summed E-state index contributed by atoms with van der Waals surface area (Å²) < 4.78 is 0. The fourth-order valence-corrected chi connectivity index (χ4v) is 0.253. The van der Waals surface area contributed by atoms with E-state index in [1.54, 1.807) is 24.8 Å². The number of rotatable bonds is 0. The minimum Gasteiger partial charge on any atom is -0.490 e. The topological polar surface area (TPSA) is 63.1 Å². The summed E-state index contributed by atoms with van der Waals surface area (Å²) in [5, 5.41) is 7.19. The molecule has 1 rings (SSSR count). The Labute approximate surface area is 59.3 Å². The molecule has 0 fully saturated rings. The average molecular weight is 136 g/mol. The van der Waals surface area contributed by atoms with Gasteiger partial charge in [0.1, 0.15) is 0 Å².